The number of hydrogen-bond acceptors (Lipinski definition) is 7. The number of aliphatic hydroxyl groups excluding tert-OH is 1. The highest BCUT2D eigenvalue weighted by Crippen LogP contribution is 2.38. The number of imidazole rings is 2. The van der Waals surface area contributed by atoms with E-state index in [9.17, 15) is 9.67 Å². The number of rotatable bonds is 4. The lowest BCUT2D eigenvalue weighted by Crippen LogP contribution is -2.25. The second-order valence-corrected chi connectivity index (χ2v) is 6.68. The summed E-state index contributed by atoms with van der Waals surface area (Å²) in [6.07, 6.45) is 4.41. The van der Waals surface area contributed by atoms with Crippen molar-refractivity contribution in [2.75, 3.05) is 6.61 Å². The number of ether oxygens (including phenoxy) is 1. The first-order valence-electron chi connectivity index (χ1n) is 7.10. The molecular weight excluding hydrogens is 341 g/mol. The largest absolute Gasteiger partial charge is 0.469 e. The van der Waals surface area contributed by atoms with Gasteiger partial charge in [-0.25, -0.2) is 19.5 Å². The van der Waals surface area contributed by atoms with Crippen molar-refractivity contribution in [2.45, 2.75) is 24.9 Å². The van der Waals surface area contributed by atoms with E-state index in [2.05, 4.69) is 19.5 Å². The van der Waals surface area contributed by atoms with Crippen LogP contribution in [0.3, 0.4) is 0 Å². The Bertz CT molecular complexity index is 934. The summed E-state index contributed by atoms with van der Waals surface area (Å²) in [4.78, 5) is 30.4. The van der Waals surface area contributed by atoms with Crippen LogP contribution >= 0.6 is 7.82 Å². The van der Waals surface area contributed by atoms with Gasteiger partial charge in [-0.15, -0.1) is 0 Å². The fraction of sp³-hybridized carbons (Fsp3) is 0.417. The molecule has 0 radical (unpaired) electrons. The van der Waals surface area contributed by atoms with E-state index in [4.69, 9.17) is 14.5 Å². The maximum atomic E-state index is 10.8. The molecule has 4 heterocycles. The molecule has 0 spiro atoms. The zero-order chi connectivity index (χ0) is 16.9. The standard InChI is InChI=1S/C12H14N5O6P/c18-7-3-9(23-8(7)4-22-24(19,20)21)17-6-14-10-11-13-1-2-16(11)5-15-12(10)17/h1-2,5-9,18H,3-4H2,(H2,19,20,21). The van der Waals surface area contributed by atoms with E-state index in [1.54, 1.807) is 27.7 Å². The van der Waals surface area contributed by atoms with E-state index in [1.165, 1.54) is 6.33 Å². The highest BCUT2D eigenvalue weighted by Gasteiger charge is 2.37. The number of hydrogen-bond donors (Lipinski definition) is 3. The molecule has 0 amide bonds. The normalized spacial score (nSPS) is 25.0. The molecule has 11 nitrogen and oxygen atoms in total. The molecule has 3 aromatic heterocycles. The van der Waals surface area contributed by atoms with Gasteiger partial charge in [0.25, 0.3) is 0 Å². The van der Waals surface area contributed by atoms with Gasteiger partial charge in [-0.2, -0.15) is 0 Å². The molecule has 1 aliphatic rings. The maximum Gasteiger partial charge on any atom is 0.469 e. The average Bonchev–Trinajstić information content (AvgIpc) is 3.20. The minimum Gasteiger partial charge on any atom is -0.390 e. The van der Waals surface area contributed by atoms with Gasteiger partial charge in [-0.05, 0) is 0 Å². The number of aromatic nitrogens is 5. The first-order chi connectivity index (χ1) is 11.4. The summed E-state index contributed by atoms with van der Waals surface area (Å²) in [5, 5.41) is 10.0. The van der Waals surface area contributed by atoms with Crippen molar-refractivity contribution in [3.8, 4) is 0 Å². The van der Waals surface area contributed by atoms with Gasteiger partial charge in [0.05, 0.1) is 19.0 Å². The summed E-state index contributed by atoms with van der Waals surface area (Å²) >= 11 is 0. The highest BCUT2D eigenvalue weighted by molar-refractivity contribution is 7.46. The molecule has 12 heteroatoms. The van der Waals surface area contributed by atoms with E-state index in [-0.39, 0.29) is 6.42 Å². The third kappa shape index (κ3) is 2.71. The molecule has 3 aromatic rings. The molecule has 0 bridgehead atoms. The van der Waals surface area contributed by atoms with Crippen LogP contribution in [0.5, 0.6) is 0 Å². The van der Waals surface area contributed by atoms with Gasteiger partial charge >= 0.3 is 7.82 Å². The minimum absolute atomic E-state index is 0.224. The molecule has 1 aliphatic heterocycles. The third-order valence-electron chi connectivity index (χ3n) is 3.87. The Labute approximate surface area is 134 Å². The zero-order valence-electron chi connectivity index (χ0n) is 12.2. The first kappa shape index (κ1) is 15.6. The quantitative estimate of drug-likeness (QED) is 0.543. The molecule has 3 unspecified atom stereocenters. The zero-order valence-corrected chi connectivity index (χ0v) is 13.1. The van der Waals surface area contributed by atoms with E-state index < -0.39 is 32.9 Å². The van der Waals surface area contributed by atoms with E-state index in [0.29, 0.717) is 16.8 Å². The Morgan fingerprint density at radius 3 is 2.92 bits per heavy atom. The highest BCUT2D eigenvalue weighted by atomic mass is 31.2. The summed E-state index contributed by atoms with van der Waals surface area (Å²) in [5.74, 6) is 0. The summed E-state index contributed by atoms with van der Waals surface area (Å²) in [7, 11) is -4.62. The maximum absolute atomic E-state index is 10.8. The van der Waals surface area contributed by atoms with Crippen LogP contribution in [-0.2, 0) is 13.8 Å². The van der Waals surface area contributed by atoms with Crippen molar-refractivity contribution in [1.82, 2.24) is 23.9 Å². The summed E-state index contributed by atoms with van der Waals surface area (Å²) in [6.45, 7) is -0.410. The number of phosphoric acid groups is 1. The van der Waals surface area contributed by atoms with Crippen LogP contribution < -0.4 is 0 Å². The van der Waals surface area contributed by atoms with Gasteiger partial charge in [-0.3, -0.25) is 13.5 Å². The Morgan fingerprint density at radius 1 is 1.29 bits per heavy atom. The van der Waals surface area contributed by atoms with Gasteiger partial charge < -0.3 is 19.6 Å². The van der Waals surface area contributed by atoms with E-state index in [1.807, 2.05) is 0 Å². The summed E-state index contributed by atoms with van der Waals surface area (Å²) < 4.78 is 24.2. The SMILES string of the molecule is O=P(O)(O)OCC1OC(n2cnc3c2ncn2ccnc32)CC1O. The van der Waals surface area contributed by atoms with Crippen molar-refractivity contribution < 1.29 is 28.7 Å². The Hall–Kier alpha value is -1.88. The van der Waals surface area contributed by atoms with Crippen molar-refractivity contribution in [2.24, 2.45) is 0 Å². The van der Waals surface area contributed by atoms with Crippen molar-refractivity contribution in [3.63, 3.8) is 0 Å². The van der Waals surface area contributed by atoms with E-state index in [0.717, 1.165) is 0 Å². The lowest BCUT2D eigenvalue weighted by atomic mass is 10.2. The van der Waals surface area contributed by atoms with Crippen molar-refractivity contribution in [1.29, 1.82) is 0 Å². The molecule has 3 atom stereocenters. The van der Waals surface area contributed by atoms with Crippen molar-refractivity contribution in [3.05, 3.63) is 25.0 Å². The Morgan fingerprint density at radius 2 is 2.12 bits per heavy atom. The minimum atomic E-state index is -4.62. The summed E-state index contributed by atoms with van der Waals surface area (Å²) in [5.41, 5.74) is 1.79. The number of aliphatic hydroxyl groups is 1. The van der Waals surface area contributed by atoms with Crippen LogP contribution in [0.4, 0.5) is 0 Å². The Kier molecular flexibility index (Phi) is 3.64. The fourth-order valence-electron chi connectivity index (χ4n) is 2.76. The lowest BCUT2D eigenvalue weighted by Gasteiger charge is -2.16. The van der Waals surface area contributed by atoms with Crippen LogP contribution in [0.1, 0.15) is 12.6 Å². The molecule has 128 valence electrons. The molecule has 4 rings (SSSR count). The van der Waals surface area contributed by atoms with Crippen molar-refractivity contribution >= 4 is 24.6 Å². The Balaban J connectivity index is 1.60. The lowest BCUT2D eigenvalue weighted by molar-refractivity contribution is -0.0424. The summed E-state index contributed by atoms with van der Waals surface area (Å²) in [6, 6.07) is 0. The smallest absolute Gasteiger partial charge is 0.390 e. The number of nitrogens with zero attached hydrogens (tertiary/aromatic N) is 5. The second kappa shape index (κ2) is 5.59. The predicted molar refractivity (Wildman–Crippen MR) is 78.8 cm³/mol. The molecule has 0 saturated carbocycles. The first-order valence-corrected chi connectivity index (χ1v) is 8.63. The number of phosphoric ester groups is 1. The van der Waals surface area contributed by atoms with Gasteiger partial charge in [0, 0.05) is 18.8 Å². The average molecular weight is 355 g/mol. The third-order valence-corrected chi connectivity index (χ3v) is 4.36. The van der Waals surface area contributed by atoms with E-state index >= 15 is 0 Å². The fourth-order valence-corrected chi connectivity index (χ4v) is 3.10. The van der Waals surface area contributed by atoms with Crippen LogP contribution in [0.2, 0.25) is 0 Å². The molecule has 0 aromatic carbocycles. The molecule has 3 N–H and O–H groups in total. The van der Waals surface area contributed by atoms with Crippen LogP contribution in [0.15, 0.2) is 25.0 Å². The van der Waals surface area contributed by atoms with Gasteiger partial charge in [-0.1, -0.05) is 0 Å². The molecular formula is C12H14N5O6P. The topological polar surface area (TPSA) is 144 Å². The monoisotopic (exact) mass is 355 g/mol. The van der Waals surface area contributed by atoms with Crippen LogP contribution in [0, 0.1) is 0 Å². The molecule has 1 saturated heterocycles. The number of fused-ring (bicyclic) bond motifs is 3. The molecule has 0 aliphatic carbocycles. The van der Waals surface area contributed by atoms with Gasteiger partial charge in [0.1, 0.15) is 18.7 Å². The van der Waals surface area contributed by atoms with Gasteiger partial charge in [0.15, 0.2) is 16.8 Å². The second-order valence-electron chi connectivity index (χ2n) is 5.45. The molecule has 24 heavy (non-hydrogen) atoms. The van der Waals surface area contributed by atoms with Gasteiger partial charge in [0.2, 0.25) is 0 Å². The molecule has 1 fully saturated rings. The predicted octanol–water partition coefficient (Wildman–Crippen LogP) is -0.163. The van der Waals surface area contributed by atoms with Crippen LogP contribution in [-0.4, -0.2) is 57.6 Å². The van der Waals surface area contributed by atoms with Crippen LogP contribution in [0.25, 0.3) is 16.8 Å².